The molecule has 0 aromatic heterocycles. The van der Waals surface area contributed by atoms with Gasteiger partial charge in [0.25, 0.3) is 0 Å². The maximum Gasteiger partial charge on any atom is 0.394 e. The SMILES string of the molecule is O=C(O)[C@@H]1CN(C(=O)NCCOc2ccccc2F)C[C@H]1C(F)(F)F. The van der Waals surface area contributed by atoms with Crippen molar-refractivity contribution in [2.75, 3.05) is 26.2 Å². The molecule has 2 amide bonds. The van der Waals surface area contributed by atoms with Gasteiger partial charge in [0.2, 0.25) is 0 Å². The molecule has 2 rings (SSSR count). The van der Waals surface area contributed by atoms with Crippen LogP contribution < -0.4 is 10.1 Å². The van der Waals surface area contributed by atoms with Crippen molar-refractivity contribution >= 4 is 12.0 Å². The lowest BCUT2D eigenvalue weighted by Gasteiger charge is -2.18. The fourth-order valence-corrected chi connectivity index (χ4v) is 2.54. The van der Waals surface area contributed by atoms with E-state index in [-0.39, 0.29) is 18.9 Å². The highest BCUT2D eigenvalue weighted by molar-refractivity contribution is 5.77. The highest BCUT2D eigenvalue weighted by atomic mass is 19.4. The second-order valence-corrected chi connectivity index (χ2v) is 5.51. The Morgan fingerprint density at radius 3 is 2.52 bits per heavy atom. The van der Waals surface area contributed by atoms with Crippen molar-refractivity contribution in [1.82, 2.24) is 10.2 Å². The zero-order valence-electron chi connectivity index (χ0n) is 12.9. The minimum Gasteiger partial charge on any atom is -0.489 e. The lowest BCUT2D eigenvalue weighted by Crippen LogP contribution is -2.41. The average molecular weight is 364 g/mol. The van der Waals surface area contributed by atoms with Crippen LogP contribution in [0.3, 0.4) is 0 Å². The molecule has 0 saturated carbocycles. The van der Waals surface area contributed by atoms with Crippen LogP contribution in [0.2, 0.25) is 0 Å². The molecule has 1 saturated heterocycles. The quantitative estimate of drug-likeness (QED) is 0.620. The van der Waals surface area contributed by atoms with E-state index < -0.39 is 48.9 Å². The van der Waals surface area contributed by atoms with E-state index in [0.29, 0.717) is 0 Å². The summed E-state index contributed by atoms with van der Waals surface area (Å²) in [6.45, 7) is -1.41. The third-order valence-electron chi connectivity index (χ3n) is 3.82. The minimum atomic E-state index is -4.70. The number of hydrogen-bond acceptors (Lipinski definition) is 3. The Morgan fingerprint density at radius 2 is 1.96 bits per heavy atom. The molecule has 1 aliphatic heterocycles. The molecule has 138 valence electrons. The first-order valence-corrected chi connectivity index (χ1v) is 7.39. The Labute approximate surface area is 140 Å². The summed E-state index contributed by atoms with van der Waals surface area (Å²) < 4.78 is 57.0. The number of carbonyl (C=O) groups excluding carboxylic acids is 1. The summed E-state index contributed by atoms with van der Waals surface area (Å²) in [6, 6.07) is 4.80. The van der Waals surface area contributed by atoms with Crippen molar-refractivity contribution in [2.24, 2.45) is 11.8 Å². The van der Waals surface area contributed by atoms with E-state index in [2.05, 4.69) is 5.32 Å². The Hall–Kier alpha value is -2.52. The van der Waals surface area contributed by atoms with Crippen LogP contribution >= 0.6 is 0 Å². The monoisotopic (exact) mass is 364 g/mol. The van der Waals surface area contributed by atoms with Gasteiger partial charge in [0.05, 0.1) is 18.4 Å². The number of urea groups is 1. The number of nitrogens with one attached hydrogen (secondary N) is 1. The third kappa shape index (κ3) is 4.74. The van der Waals surface area contributed by atoms with Gasteiger partial charge in [0, 0.05) is 13.1 Å². The van der Waals surface area contributed by atoms with Crippen LogP contribution in [-0.2, 0) is 4.79 Å². The Balaban J connectivity index is 1.83. The van der Waals surface area contributed by atoms with Gasteiger partial charge in [-0.05, 0) is 12.1 Å². The Morgan fingerprint density at radius 1 is 1.28 bits per heavy atom. The van der Waals surface area contributed by atoms with Gasteiger partial charge in [-0.1, -0.05) is 12.1 Å². The molecule has 2 atom stereocenters. The van der Waals surface area contributed by atoms with E-state index >= 15 is 0 Å². The summed E-state index contributed by atoms with van der Waals surface area (Å²) in [7, 11) is 0. The number of rotatable bonds is 5. The number of nitrogens with zero attached hydrogens (tertiary/aromatic N) is 1. The maximum atomic E-state index is 13.3. The van der Waals surface area contributed by atoms with E-state index in [0.717, 1.165) is 4.90 Å². The zero-order valence-corrected chi connectivity index (χ0v) is 12.9. The number of amides is 2. The first kappa shape index (κ1) is 18.8. The second-order valence-electron chi connectivity index (χ2n) is 5.51. The van der Waals surface area contributed by atoms with Crippen molar-refractivity contribution in [3.63, 3.8) is 0 Å². The van der Waals surface area contributed by atoms with E-state index in [4.69, 9.17) is 9.84 Å². The molecule has 25 heavy (non-hydrogen) atoms. The van der Waals surface area contributed by atoms with Gasteiger partial charge in [0.15, 0.2) is 11.6 Å². The smallest absolute Gasteiger partial charge is 0.394 e. The number of benzene rings is 1. The molecule has 1 fully saturated rings. The summed E-state index contributed by atoms with van der Waals surface area (Å²) in [5.41, 5.74) is 0. The average Bonchev–Trinajstić information content (AvgIpc) is 2.99. The molecule has 0 aliphatic carbocycles. The Kier molecular flexibility index (Phi) is 5.70. The molecule has 1 aliphatic rings. The predicted octanol–water partition coefficient (Wildman–Crippen LogP) is 2.11. The number of carbonyl (C=O) groups is 2. The number of alkyl halides is 3. The van der Waals surface area contributed by atoms with Crippen molar-refractivity contribution < 1.29 is 37.0 Å². The normalized spacial score (nSPS) is 20.4. The third-order valence-corrected chi connectivity index (χ3v) is 3.82. The van der Waals surface area contributed by atoms with E-state index in [9.17, 15) is 27.2 Å². The standard InChI is InChI=1S/C15H16F4N2O4/c16-11-3-1-2-4-12(11)25-6-5-20-14(24)21-7-9(13(22)23)10(8-21)15(17,18)19/h1-4,9-10H,5-8H2,(H,20,24)(H,22,23)/t9-,10-/m1/s1. The fraction of sp³-hybridized carbons (Fsp3) is 0.467. The molecule has 6 nitrogen and oxygen atoms in total. The van der Waals surface area contributed by atoms with Gasteiger partial charge in [0.1, 0.15) is 6.61 Å². The highest BCUT2D eigenvalue weighted by Crippen LogP contribution is 2.37. The number of ether oxygens (including phenoxy) is 1. The van der Waals surface area contributed by atoms with Gasteiger partial charge < -0.3 is 20.1 Å². The van der Waals surface area contributed by atoms with Gasteiger partial charge in [-0.2, -0.15) is 13.2 Å². The number of carboxylic acids is 1. The molecular formula is C15H16F4N2O4. The fourth-order valence-electron chi connectivity index (χ4n) is 2.54. The first-order chi connectivity index (χ1) is 11.7. The minimum absolute atomic E-state index is 0.0130. The van der Waals surface area contributed by atoms with Crippen LogP contribution in [0.15, 0.2) is 24.3 Å². The number of halogens is 4. The summed E-state index contributed by atoms with van der Waals surface area (Å²) in [5.74, 6) is -5.99. The Bertz CT molecular complexity index is 638. The number of para-hydroxylation sites is 1. The van der Waals surface area contributed by atoms with Crippen LogP contribution in [0.1, 0.15) is 0 Å². The molecule has 2 N–H and O–H groups in total. The van der Waals surface area contributed by atoms with Crippen LogP contribution in [0.4, 0.5) is 22.4 Å². The number of carboxylic acid groups (broad SMARTS) is 1. The highest BCUT2D eigenvalue weighted by Gasteiger charge is 2.53. The molecule has 0 radical (unpaired) electrons. The summed E-state index contributed by atoms with van der Waals surface area (Å²) in [5, 5.41) is 11.2. The van der Waals surface area contributed by atoms with Crippen molar-refractivity contribution in [3.05, 3.63) is 30.1 Å². The van der Waals surface area contributed by atoms with Crippen LogP contribution in [0.25, 0.3) is 0 Å². The maximum absolute atomic E-state index is 13.3. The predicted molar refractivity (Wildman–Crippen MR) is 77.5 cm³/mol. The molecule has 1 aromatic carbocycles. The largest absolute Gasteiger partial charge is 0.489 e. The zero-order chi connectivity index (χ0) is 18.6. The molecular weight excluding hydrogens is 348 g/mol. The van der Waals surface area contributed by atoms with Gasteiger partial charge in [-0.15, -0.1) is 0 Å². The summed E-state index contributed by atoms with van der Waals surface area (Å²) in [6.07, 6.45) is -4.70. The summed E-state index contributed by atoms with van der Waals surface area (Å²) in [4.78, 5) is 23.7. The van der Waals surface area contributed by atoms with Gasteiger partial charge in [-0.3, -0.25) is 4.79 Å². The number of likely N-dealkylation sites (tertiary alicyclic amines) is 1. The lowest BCUT2D eigenvalue weighted by molar-refractivity contribution is -0.187. The number of hydrogen-bond donors (Lipinski definition) is 2. The second kappa shape index (κ2) is 7.58. The van der Waals surface area contributed by atoms with Crippen molar-refractivity contribution in [1.29, 1.82) is 0 Å². The van der Waals surface area contributed by atoms with E-state index in [1.54, 1.807) is 6.07 Å². The molecule has 1 aromatic rings. The van der Waals surface area contributed by atoms with Crippen LogP contribution in [-0.4, -0.2) is 54.4 Å². The summed E-state index contributed by atoms with van der Waals surface area (Å²) >= 11 is 0. The van der Waals surface area contributed by atoms with Gasteiger partial charge >= 0.3 is 18.2 Å². The molecule has 1 heterocycles. The van der Waals surface area contributed by atoms with E-state index in [1.165, 1.54) is 18.2 Å². The van der Waals surface area contributed by atoms with Crippen LogP contribution in [0, 0.1) is 17.7 Å². The first-order valence-electron chi connectivity index (χ1n) is 7.39. The molecule has 10 heteroatoms. The molecule has 0 bridgehead atoms. The van der Waals surface area contributed by atoms with Gasteiger partial charge in [-0.25, -0.2) is 9.18 Å². The van der Waals surface area contributed by atoms with Crippen molar-refractivity contribution in [2.45, 2.75) is 6.18 Å². The topological polar surface area (TPSA) is 78.9 Å². The lowest BCUT2D eigenvalue weighted by atomic mass is 9.96. The van der Waals surface area contributed by atoms with Crippen molar-refractivity contribution in [3.8, 4) is 5.75 Å². The number of aliphatic carboxylic acids is 1. The van der Waals surface area contributed by atoms with E-state index in [1.807, 2.05) is 0 Å². The van der Waals surface area contributed by atoms with Crippen LogP contribution in [0.5, 0.6) is 5.75 Å². The molecule has 0 spiro atoms. The molecule has 0 unspecified atom stereocenters.